The van der Waals surface area contributed by atoms with Gasteiger partial charge in [0.1, 0.15) is 5.75 Å². The average molecular weight is 378 g/mol. The van der Waals surface area contributed by atoms with Crippen molar-refractivity contribution >= 4 is 11.6 Å². The topological polar surface area (TPSA) is 76.3 Å². The maximum absolute atomic E-state index is 12.4. The van der Waals surface area contributed by atoms with E-state index in [2.05, 4.69) is 10.2 Å². The number of benzene rings is 2. The fourth-order valence-corrected chi connectivity index (χ4v) is 3.75. The van der Waals surface area contributed by atoms with Gasteiger partial charge in [0.15, 0.2) is 11.5 Å². The van der Waals surface area contributed by atoms with Crippen molar-refractivity contribution in [1.29, 1.82) is 0 Å². The molecule has 28 heavy (non-hydrogen) atoms. The van der Waals surface area contributed by atoms with Crippen LogP contribution in [0.3, 0.4) is 0 Å². The van der Waals surface area contributed by atoms with E-state index in [9.17, 15) is 4.79 Å². The van der Waals surface area contributed by atoms with E-state index in [1.165, 1.54) is 0 Å². The van der Waals surface area contributed by atoms with E-state index in [1.807, 2.05) is 48.5 Å². The minimum Gasteiger partial charge on any atom is -0.497 e. The molecular formula is C22H22N2O4. The first kappa shape index (κ1) is 18.0. The van der Waals surface area contributed by atoms with Crippen molar-refractivity contribution in [2.24, 2.45) is 0 Å². The summed E-state index contributed by atoms with van der Waals surface area (Å²) in [6.07, 6.45) is 2.73. The van der Waals surface area contributed by atoms with Crippen molar-refractivity contribution in [3.05, 3.63) is 75.2 Å². The molecule has 6 heteroatoms. The summed E-state index contributed by atoms with van der Waals surface area (Å²) in [4.78, 5) is 12.4. The van der Waals surface area contributed by atoms with Crippen LogP contribution in [0.15, 0.2) is 47.3 Å². The van der Waals surface area contributed by atoms with Crippen LogP contribution in [0.2, 0.25) is 0 Å². The average Bonchev–Trinajstić information content (AvgIpc) is 3.13. The van der Waals surface area contributed by atoms with Gasteiger partial charge in [0.25, 0.3) is 5.56 Å². The lowest BCUT2D eigenvalue weighted by Crippen LogP contribution is -2.16. The fraction of sp³-hybridized carbons (Fsp3) is 0.227. The Hall–Kier alpha value is -3.41. The van der Waals surface area contributed by atoms with Gasteiger partial charge in [0.2, 0.25) is 0 Å². The number of aromatic nitrogens is 2. The normalized spacial score (nSPS) is 15.5. The Morgan fingerprint density at radius 3 is 2.32 bits per heavy atom. The van der Waals surface area contributed by atoms with Gasteiger partial charge >= 0.3 is 0 Å². The quantitative estimate of drug-likeness (QED) is 0.708. The highest BCUT2D eigenvalue weighted by Crippen LogP contribution is 2.41. The lowest BCUT2D eigenvalue weighted by Gasteiger charge is -2.23. The first-order valence-electron chi connectivity index (χ1n) is 9.02. The van der Waals surface area contributed by atoms with Crippen LogP contribution in [0.1, 0.15) is 34.7 Å². The first-order valence-corrected chi connectivity index (χ1v) is 9.02. The van der Waals surface area contributed by atoms with E-state index in [4.69, 9.17) is 14.2 Å². The third kappa shape index (κ3) is 3.07. The standard InChI is InChI=1S/C22H22N2O4/c1-26-16-7-4-13(5-8-16)17-10-15(11-18-21(17)22(25)24-23-18)14-6-9-19(27-2)20(12-14)28-3/h4-9,11-12,17H,10H2,1-3H3,(H2,23,24,25). The number of nitrogens with one attached hydrogen (secondary N) is 2. The number of ether oxygens (including phenoxy) is 3. The summed E-state index contributed by atoms with van der Waals surface area (Å²) < 4.78 is 16.1. The molecule has 0 fully saturated rings. The Kier molecular flexibility index (Phi) is 4.69. The second-order valence-corrected chi connectivity index (χ2v) is 6.68. The summed E-state index contributed by atoms with van der Waals surface area (Å²) in [6, 6.07) is 13.7. The van der Waals surface area contributed by atoms with Crippen molar-refractivity contribution in [2.75, 3.05) is 21.3 Å². The maximum Gasteiger partial charge on any atom is 0.268 e. The van der Waals surface area contributed by atoms with E-state index in [0.29, 0.717) is 17.9 Å². The van der Waals surface area contributed by atoms with Gasteiger partial charge in [-0.1, -0.05) is 18.2 Å². The molecule has 1 atom stereocenters. The molecule has 1 unspecified atom stereocenters. The lowest BCUT2D eigenvalue weighted by atomic mass is 9.80. The fourth-order valence-electron chi connectivity index (χ4n) is 3.75. The molecule has 1 aliphatic rings. The summed E-state index contributed by atoms with van der Waals surface area (Å²) in [7, 11) is 4.88. The van der Waals surface area contributed by atoms with Crippen LogP contribution in [0.4, 0.5) is 0 Å². The monoisotopic (exact) mass is 378 g/mol. The van der Waals surface area contributed by atoms with Gasteiger partial charge < -0.3 is 14.2 Å². The van der Waals surface area contributed by atoms with Gasteiger partial charge in [-0.3, -0.25) is 15.0 Å². The molecular weight excluding hydrogens is 356 g/mol. The van der Waals surface area contributed by atoms with Gasteiger partial charge in [-0.05, 0) is 53.5 Å². The van der Waals surface area contributed by atoms with Gasteiger partial charge in [-0.15, -0.1) is 0 Å². The Morgan fingerprint density at radius 2 is 1.64 bits per heavy atom. The van der Waals surface area contributed by atoms with E-state index < -0.39 is 0 Å². The summed E-state index contributed by atoms with van der Waals surface area (Å²) >= 11 is 0. The molecule has 3 aromatic rings. The molecule has 1 aromatic heterocycles. The highest BCUT2D eigenvalue weighted by atomic mass is 16.5. The molecule has 0 radical (unpaired) electrons. The number of fused-ring (bicyclic) bond motifs is 1. The summed E-state index contributed by atoms with van der Waals surface area (Å²) in [6.45, 7) is 0. The van der Waals surface area contributed by atoms with Crippen LogP contribution in [-0.2, 0) is 0 Å². The number of allylic oxidation sites excluding steroid dienone is 1. The van der Waals surface area contributed by atoms with Crippen molar-refractivity contribution < 1.29 is 14.2 Å². The Balaban J connectivity index is 1.78. The van der Waals surface area contributed by atoms with Crippen LogP contribution in [0.5, 0.6) is 17.2 Å². The number of H-pyrrole nitrogens is 2. The zero-order valence-corrected chi connectivity index (χ0v) is 16.0. The summed E-state index contributed by atoms with van der Waals surface area (Å²) in [5, 5.41) is 5.72. The Labute approximate surface area is 162 Å². The van der Waals surface area contributed by atoms with E-state index >= 15 is 0 Å². The molecule has 0 amide bonds. The molecule has 0 aliphatic heterocycles. The SMILES string of the molecule is COc1ccc(C2CC(c3ccc(OC)c(OC)c3)=Cc3[nH][nH]c(=O)c32)cc1. The summed E-state index contributed by atoms with van der Waals surface area (Å²) in [5.41, 5.74) is 4.70. The number of methoxy groups -OCH3 is 3. The van der Waals surface area contributed by atoms with Crippen LogP contribution >= 0.6 is 0 Å². The van der Waals surface area contributed by atoms with Crippen LogP contribution in [0.25, 0.3) is 11.6 Å². The Morgan fingerprint density at radius 1 is 0.893 bits per heavy atom. The number of aromatic amines is 2. The molecule has 2 aromatic carbocycles. The molecule has 1 aliphatic carbocycles. The molecule has 0 saturated carbocycles. The largest absolute Gasteiger partial charge is 0.497 e. The zero-order chi connectivity index (χ0) is 19.7. The van der Waals surface area contributed by atoms with Crippen LogP contribution in [-0.4, -0.2) is 31.5 Å². The van der Waals surface area contributed by atoms with Crippen LogP contribution < -0.4 is 19.8 Å². The third-order valence-corrected chi connectivity index (χ3v) is 5.21. The van der Waals surface area contributed by atoms with Gasteiger partial charge in [-0.25, -0.2) is 0 Å². The number of hydrogen-bond donors (Lipinski definition) is 2. The van der Waals surface area contributed by atoms with Crippen molar-refractivity contribution in [2.45, 2.75) is 12.3 Å². The minimum absolute atomic E-state index is 0.0518. The molecule has 0 bridgehead atoms. The highest BCUT2D eigenvalue weighted by Gasteiger charge is 2.28. The summed E-state index contributed by atoms with van der Waals surface area (Å²) in [5.74, 6) is 2.10. The minimum atomic E-state index is -0.0848. The molecule has 0 spiro atoms. The molecule has 0 saturated heterocycles. The van der Waals surface area contributed by atoms with Crippen molar-refractivity contribution in [3.63, 3.8) is 0 Å². The molecule has 6 nitrogen and oxygen atoms in total. The maximum atomic E-state index is 12.4. The van der Waals surface area contributed by atoms with E-state index in [-0.39, 0.29) is 11.5 Å². The van der Waals surface area contributed by atoms with Gasteiger partial charge in [0.05, 0.1) is 32.6 Å². The zero-order valence-electron chi connectivity index (χ0n) is 16.0. The Bertz CT molecular complexity index is 1080. The second kappa shape index (κ2) is 7.31. The predicted octanol–water partition coefficient (Wildman–Crippen LogP) is 3.81. The molecule has 4 rings (SSSR count). The molecule has 144 valence electrons. The highest BCUT2D eigenvalue weighted by molar-refractivity contribution is 5.85. The molecule has 2 N–H and O–H groups in total. The van der Waals surface area contributed by atoms with Crippen molar-refractivity contribution in [1.82, 2.24) is 10.2 Å². The smallest absolute Gasteiger partial charge is 0.268 e. The number of rotatable bonds is 5. The molecule has 1 heterocycles. The third-order valence-electron chi connectivity index (χ3n) is 5.21. The van der Waals surface area contributed by atoms with Gasteiger partial charge in [0, 0.05) is 5.92 Å². The van der Waals surface area contributed by atoms with E-state index in [1.54, 1.807) is 21.3 Å². The predicted molar refractivity (Wildman–Crippen MR) is 108 cm³/mol. The van der Waals surface area contributed by atoms with Gasteiger partial charge in [-0.2, -0.15) is 0 Å². The van der Waals surface area contributed by atoms with Crippen LogP contribution in [0, 0.1) is 0 Å². The lowest BCUT2D eigenvalue weighted by molar-refractivity contribution is 0.355. The van der Waals surface area contributed by atoms with E-state index in [0.717, 1.165) is 33.7 Å². The van der Waals surface area contributed by atoms with Crippen molar-refractivity contribution in [3.8, 4) is 17.2 Å². The number of hydrogen-bond acceptors (Lipinski definition) is 4. The first-order chi connectivity index (χ1) is 13.6. The second-order valence-electron chi connectivity index (χ2n) is 6.68.